The van der Waals surface area contributed by atoms with E-state index in [1.807, 2.05) is 24.3 Å². The van der Waals surface area contributed by atoms with Crippen molar-refractivity contribution in [2.24, 2.45) is 0 Å². The summed E-state index contributed by atoms with van der Waals surface area (Å²) in [4.78, 5) is 18.3. The molecule has 114 valence electrons. The van der Waals surface area contributed by atoms with Crippen molar-refractivity contribution in [2.45, 2.75) is 19.4 Å². The molecule has 5 heteroatoms. The number of carbonyl (C=O) groups is 1. The number of benzene rings is 1. The van der Waals surface area contributed by atoms with Gasteiger partial charge in [-0.15, -0.1) is 0 Å². The van der Waals surface area contributed by atoms with Crippen LogP contribution in [-0.2, 0) is 6.54 Å². The van der Waals surface area contributed by atoms with Crippen LogP contribution in [0.3, 0.4) is 0 Å². The number of amides is 2. The second-order valence-corrected chi connectivity index (χ2v) is 5.41. The van der Waals surface area contributed by atoms with Crippen LogP contribution in [0, 0.1) is 0 Å². The Morgan fingerprint density at radius 3 is 2.59 bits per heavy atom. The maximum Gasteiger partial charge on any atom is 0.319 e. The van der Waals surface area contributed by atoms with Crippen molar-refractivity contribution in [3.8, 4) is 0 Å². The molecule has 3 rings (SSSR count). The summed E-state index contributed by atoms with van der Waals surface area (Å²) in [7, 11) is 0. The molecule has 0 unspecified atom stereocenters. The fourth-order valence-electron chi connectivity index (χ4n) is 2.59. The third kappa shape index (κ3) is 3.75. The third-order valence-corrected chi connectivity index (χ3v) is 3.77. The average Bonchev–Trinajstić information content (AvgIpc) is 3.09. The van der Waals surface area contributed by atoms with E-state index in [9.17, 15) is 4.79 Å². The molecule has 0 spiro atoms. The van der Waals surface area contributed by atoms with E-state index in [0.717, 1.165) is 24.3 Å². The smallest absolute Gasteiger partial charge is 0.319 e. The van der Waals surface area contributed by atoms with Crippen molar-refractivity contribution in [1.82, 2.24) is 10.3 Å². The first kappa shape index (κ1) is 14.4. The summed E-state index contributed by atoms with van der Waals surface area (Å²) < 4.78 is 0. The first-order valence-electron chi connectivity index (χ1n) is 7.60. The van der Waals surface area contributed by atoms with Gasteiger partial charge in [-0.1, -0.05) is 6.07 Å². The van der Waals surface area contributed by atoms with E-state index in [1.165, 1.54) is 18.5 Å². The highest BCUT2D eigenvalue weighted by Crippen LogP contribution is 2.21. The topological polar surface area (TPSA) is 57.3 Å². The maximum atomic E-state index is 11.9. The number of hydrogen-bond acceptors (Lipinski definition) is 3. The SMILES string of the molecule is O=C(NCc1cccnc1)Nc1ccc(N2CCCC2)cc1. The number of hydrogen-bond donors (Lipinski definition) is 2. The standard InChI is InChI=1S/C17H20N4O/c22-17(19-13-14-4-3-9-18-12-14)20-15-5-7-16(8-6-15)21-10-1-2-11-21/h3-9,12H,1-2,10-11,13H2,(H2,19,20,22). The molecule has 2 heterocycles. The Labute approximate surface area is 130 Å². The first-order chi connectivity index (χ1) is 10.8. The Morgan fingerprint density at radius 1 is 1.14 bits per heavy atom. The molecule has 1 fully saturated rings. The Bertz CT molecular complexity index is 606. The zero-order valence-corrected chi connectivity index (χ0v) is 12.5. The van der Waals surface area contributed by atoms with Crippen molar-refractivity contribution >= 4 is 17.4 Å². The molecule has 5 nitrogen and oxygen atoms in total. The van der Waals surface area contributed by atoms with Gasteiger partial charge in [-0.3, -0.25) is 4.98 Å². The highest BCUT2D eigenvalue weighted by molar-refractivity contribution is 5.89. The van der Waals surface area contributed by atoms with Crippen molar-refractivity contribution in [3.63, 3.8) is 0 Å². The zero-order valence-electron chi connectivity index (χ0n) is 12.5. The molecular weight excluding hydrogens is 276 g/mol. The van der Waals surface area contributed by atoms with Crippen LogP contribution in [0.15, 0.2) is 48.8 Å². The molecule has 1 aromatic heterocycles. The monoisotopic (exact) mass is 296 g/mol. The van der Waals surface area contributed by atoms with Gasteiger partial charge in [-0.25, -0.2) is 4.79 Å². The van der Waals surface area contributed by atoms with Gasteiger partial charge in [0.25, 0.3) is 0 Å². The lowest BCUT2D eigenvalue weighted by Gasteiger charge is -2.17. The van der Waals surface area contributed by atoms with E-state index in [4.69, 9.17) is 0 Å². The van der Waals surface area contributed by atoms with Crippen LogP contribution in [0.5, 0.6) is 0 Å². The van der Waals surface area contributed by atoms with E-state index < -0.39 is 0 Å². The van der Waals surface area contributed by atoms with E-state index in [0.29, 0.717) is 6.54 Å². The first-order valence-corrected chi connectivity index (χ1v) is 7.60. The molecule has 2 aromatic rings. The van der Waals surface area contributed by atoms with Gasteiger partial charge in [0.2, 0.25) is 0 Å². The van der Waals surface area contributed by atoms with E-state index in [-0.39, 0.29) is 6.03 Å². The lowest BCUT2D eigenvalue weighted by Crippen LogP contribution is -2.28. The highest BCUT2D eigenvalue weighted by atomic mass is 16.2. The molecule has 1 aromatic carbocycles. The summed E-state index contributed by atoms with van der Waals surface area (Å²) in [5.41, 5.74) is 2.99. The summed E-state index contributed by atoms with van der Waals surface area (Å²) in [6.45, 7) is 2.71. The van der Waals surface area contributed by atoms with Crippen LogP contribution in [0.25, 0.3) is 0 Å². The van der Waals surface area contributed by atoms with Crippen LogP contribution in [0.4, 0.5) is 16.2 Å². The van der Waals surface area contributed by atoms with Gasteiger partial charge in [0.1, 0.15) is 0 Å². The number of nitrogens with one attached hydrogen (secondary N) is 2. The van der Waals surface area contributed by atoms with Gasteiger partial charge in [-0.05, 0) is 48.7 Å². The van der Waals surface area contributed by atoms with Crippen LogP contribution in [0.1, 0.15) is 18.4 Å². The van der Waals surface area contributed by atoms with Gasteiger partial charge >= 0.3 is 6.03 Å². The molecular formula is C17H20N4O. The second kappa shape index (κ2) is 6.93. The van der Waals surface area contributed by atoms with Crippen LogP contribution in [0.2, 0.25) is 0 Å². The second-order valence-electron chi connectivity index (χ2n) is 5.41. The number of rotatable bonds is 4. The molecule has 0 radical (unpaired) electrons. The molecule has 0 atom stereocenters. The molecule has 2 amide bonds. The van der Waals surface area contributed by atoms with Crippen LogP contribution >= 0.6 is 0 Å². The van der Waals surface area contributed by atoms with Gasteiger partial charge in [0, 0.05) is 43.4 Å². The maximum absolute atomic E-state index is 11.9. The Kier molecular flexibility index (Phi) is 4.53. The predicted octanol–water partition coefficient (Wildman–Crippen LogP) is 3.00. The van der Waals surface area contributed by atoms with Crippen molar-refractivity contribution < 1.29 is 4.79 Å². The van der Waals surface area contributed by atoms with Crippen molar-refractivity contribution in [2.75, 3.05) is 23.3 Å². The molecule has 0 aliphatic carbocycles. The van der Waals surface area contributed by atoms with E-state index >= 15 is 0 Å². The fraction of sp³-hybridized carbons (Fsp3) is 0.294. The molecule has 0 bridgehead atoms. The molecule has 22 heavy (non-hydrogen) atoms. The number of pyridine rings is 1. The fourth-order valence-corrected chi connectivity index (χ4v) is 2.59. The highest BCUT2D eigenvalue weighted by Gasteiger charge is 2.12. The Balaban J connectivity index is 1.50. The minimum absolute atomic E-state index is 0.210. The van der Waals surface area contributed by atoms with Gasteiger partial charge < -0.3 is 15.5 Å². The number of nitrogens with zero attached hydrogens (tertiary/aromatic N) is 2. The third-order valence-electron chi connectivity index (χ3n) is 3.77. The van der Waals surface area contributed by atoms with Gasteiger partial charge in [0.15, 0.2) is 0 Å². The lowest BCUT2D eigenvalue weighted by molar-refractivity contribution is 0.251. The number of carbonyl (C=O) groups excluding carboxylic acids is 1. The zero-order chi connectivity index (χ0) is 15.2. The Hall–Kier alpha value is -2.56. The number of anilines is 2. The minimum Gasteiger partial charge on any atom is -0.372 e. The van der Waals surface area contributed by atoms with E-state index in [1.54, 1.807) is 12.4 Å². The average molecular weight is 296 g/mol. The van der Waals surface area contributed by atoms with E-state index in [2.05, 4.69) is 32.7 Å². The number of urea groups is 1. The largest absolute Gasteiger partial charge is 0.372 e. The van der Waals surface area contributed by atoms with Crippen molar-refractivity contribution in [1.29, 1.82) is 0 Å². The summed E-state index contributed by atoms with van der Waals surface area (Å²) in [5.74, 6) is 0. The van der Waals surface area contributed by atoms with Gasteiger partial charge in [0.05, 0.1) is 0 Å². The predicted molar refractivity (Wildman–Crippen MR) is 88.0 cm³/mol. The summed E-state index contributed by atoms with van der Waals surface area (Å²) in [5, 5.41) is 5.66. The normalized spacial score (nSPS) is 13.9. The molecule has 0 saturated carbocycles. The molecule has 1 aliphatic rings. The number of aromatic nitrogens is 1. The lowest BCUT2D eigenvalue weighted by atomic mass is 10.2. The van der Waals surface area contributed by atoms with Gasteiger partial charge in [-0.2, -0.15) is 0 Å². The quantitative estimate of drug-likeness (QED) is 0.912. The Morgan fingerprint density at radius 2 is 1.91 bits per heavy atom. The minimum atomic E-state index is -0.210. The molecule has 1 saturated heterocycles. The van der Waals surface area contributed by atoms with Crippen molar-refractivity contribution in [3.05, 3.63) is 54.4 Å². The van der Waals surface area contributed by atoms with Crippen LogP contribution < -0.4 is 15.5 Å². The molecule has 1 aliphatic heterocycles. The molecule has 2 N–H and O–H groups in total. The summed E-state index contributed by atoms with van der Waals surface area (Å²) in [6, 6.07) is 11.6. The summed E-state index contributed by atoms with van der Waals surface area (Å²) in [6.07, 6.45) is 5.98. The summed E-state index contributed by atoms with van der Waals surface area (Å²) >= 11 is 0. The van der Waals surface area contributed by atoms with Crippen LogP contribution in [-0.4, -0.2) is 24.1 Å².